The molecule has 7 heteroatoms. The van der Waals surface area contributed by atoms with Gasteiger partial charge in [-0.05, 0) is 39.3 Å². The Morgan fingerprint density at radius 1 is 1.28 bits per heavy atom. The van der Waals surface area contributed by atoms with Gasteiger partial charge in [-0.3, -0.25) is 4.90 Å². The summed E-state index contributed by atoms with van der Waals surface area (Å²) in [6.07, 6.45) is 4.14. The number of thiazole rings is 1. The second-order valence-electron chi connectivity index (χ2n) is 6.72. The standard InChI is InChI=1S/C18H22N6S/c1-12-6-16(18-19-7-13(2)22-18)23-17(21-12)14-4-3-5-24(8-14)9-15-10-25-11-20-15/h6-7,10-11,14H,3-5,8-9H2,1-2H3,(H,19,22)/t14-/m0/s1. The molecule has 0 spiro atoms. The molecule has 130 valence electrons. The van der Waals surface area contributed by atoms with Crippen molar-refractivity contribution in [1.82, 2.24) is 29.8 Å². The van der Waals surface area contributed by atoms with E-state index in [1.807, 2.05) is 31.6 Å². The number of piperidine rings is 1. The van der Waals surface area contributed by atoms with Crippen LogP contribution in [0.4, 0.5) is 0 Å². The maximum absolute atomic E-state index is 4.83. The summed E-state index contributed by atoms with van der Waals surface area (Å²) in [5, 5.41) is 2.13. The number of hydrogen-bond acceptors (Lipinski definition) is 6. The summed E-state index contributed by atoms with van der Waals surface area (Å²) in [7, 11) is 0. The first-order chi connectivity index (χ1) is 12.2. The Hall–Kier alpha value is -2.12. The van der Waals surface area contributed by atoms with Gasteiger partial charge in [0.25, 0.3) is 0 Å². The fourth-order valence-electron chi connectivity index (χ4n) is 3.39. The highest BCUT2D eigenvalue weighted by molar-refractivity contribution is 7.07. The number of imidazole rings is 1. The molecule has 1 fully saturated rings. The summed E-state index contributed by atoms with van der Waals surface area (Å²) in [5.41, 5.74) is 5.97. The fraction of sp³-hybridized carbons (Fsp3) is 0.444. The van der Waals surface area contributed by atoms with Crippen molar-refractivity contribution in [3.05, 3.63) is 46.1 Å². The van der Waals surface area contributed by atoms with Gasteiger partial charge < -0.3 is 4.98 Å². The first-order valence-corrected chi connectivity index (χ1v) is 9.58. The van der Waals surface area contributed by atoms with Crippen molar-refractivity contribution in [3.8, 4) is 11.5 Å². The lowest BCUT2D eigenvalue weighted by molar-refractivity contribution is 0.195. The Morgan fingerprint density at radius 3 is 2.96 bits per heavy atom. The molecule has 1 atom stereocenters. The van der Waals surface area contributed by atoms with E-state index in [4.69, 9.17) is 9.97 Å². The minimum Gasteiger partial charge on any atom is -0.341 e. The quantitative estimate of drug-likeness (QED) is 0.778. The van der Waals surface area contributed by atoms with E-state index in [0.29, 0.717) is 5.92 Å². The Balaban J connectivity index is 1.55. The molecule has 0 radical (unpaired) electrons. The normalized spacial score (nSPS) is 18.6. The first-order valence-electron chi connectivity index (χ1n) is 8.64. The van der Waals surface area contributed by atoms with E-state index >= 15 is 0 Å². The molecular formula is C18H22N6S. The highest BCUT2D eigenvalue weighted by Crippen LogP contribution is 2.27. The van der Waals surface area contributed by atoms with Gasteiger partial charge in [0.15, 0.2) is 5.82 Å². The molecule has 1 aliphatic rings. The number of H-pyrrole nitrogens is 1. The van der Waals surface area contributed by atoms with Gasteiger partial charge in [0.2, 0.25) is 0 Å². The van der Waals surface area contributed by atoms with E-state index in [1.165, 1.54) is 6.42 Å². The number of aromatic amines is 1. The van der Waals surface area contributed by atoms with Crippen LogP contribution >= 0.6 is 11.3 Å². The number of aromatic nitrogens is 5. The summed E-state index contributed by atoms with van der Waals surface area (Å²) in [4.78, 5) is 24.1. The van der Waals surface area contributed by atoms with Crippen LogP contribution in [0.15, 0.2) is 23.2 Å². The highest BCUT2D eigenvalue weighted by atomic mass is 32.1. The smallest absolute Gasteiger partial charge is 0.156 e. The van der Waals surface area contributed by atoms with Crippen LogP contribution in [0.1, 0.15) is 41.7 Å². The van der Waals surface area contributed by atoms with Gasteiger partial charge in [-0.2, -0.15) is 0 Å². The van der Waals surface area contributed by atoms with Gasteiger partial charge in [-0.25, -0.2) is 19.9 Å². The molecule has 0 amide bonds. The minimum absolute atomic E-state index is 0.363. The van der Waals surface area contributed by atoms with E-state index in [1.54, 1.807) is 11.3 Å². The average Bonchev–Trinajstić information content (AvgIpc) is 3.26. The van der Waals surface area contributed by atoms with Gasteiger partial charge >= 0.3 is 0 Å². The molecule has 6 nitrogen and oxygen atoms in total. The van der Waals surface area contributed by atoms with Crippen molar-refractivity contribution in [2.75, 3.05) is 13.1 Å². The molecule has 0 aromatic carbocycles. The van der Waals surface area contributed by atoms with Crippen molar-refractivity contribution >= 4 is 11.3 Å². The Labute approximate surface area is 151 Å². The van der Waals surface area contributed by atoms with Crippen molar-refractivity contribution < 1.29 is 0 Å². The third-order valence-electron chi connectivity index (χ3n) is 4.56. The molecule has 0 saturated carbocycles. The van der Waals surface area contributed by atoms with Crippen LogP contribution in [0.25, 0.3) is 11.5 Å². The van der Waals surface area contributed by atoms with Crippen molar-refractivity contribution in [3.63, 3.8) is 0 Å². The van der Waals surface area contributed by atoms with Crippen molar-refractivity contribution in [2.45, 2.75) is 39.2 Å². The molecule has 0 unspecified atom stereocenters. The van der Waals surface area contributed by atoms with Gasteiger partial charge in [0.1, 0.15) is 11.5 Å². The van der Waals surface area contributed by atoms with E-state index < -0.39 is 0 Å². The molecule has 1 saturated heterocycles. The maximum Gasteiger partial charge on any atom is 0.156 e. The third-order valence-corrected chi connectivity index (χ3v) is 5.19. The molecule has 1 N–H and O–H groups in total. The predicted octanol–water partition coefficient (Wildman–Crippen LogP) is 3.32. The van der Waals surface area contributed by atoms with E-state index in [9.17, 15) is 0 Å². The Morgan fingerprint density at radius 2 is 2.20 bits per heavy atom. The largest absolute Gasteiger partial charge is 0.341 e. The number of likely N-dealkylation sites (tertiary alicyclic amines) is 1. The molecule has 4 heterocycles. The van der Waals surface area contributed by atoms with Crippen LogP contribution in [-0.4, -0.2) is 42.9 Å². The minimum atomic E-state index is 0.363. The summed E-state index contributed by atoms with van der Waals surface area (Å²) >= 11 is 1.66. The number of rotatable bonds is 4. The summed E-state index contributed by atoms with van der Waals surface area (Å²) in [6.45, 7) is 7.04. The lowest BCUT2D eigenvalue weighted by atomic mass is 9.96. The molecule has 4 rings (SSSR count). The molecule has 0 bridgehead atoms. The van der Waals surface area contributed by atoms with Crippen LogP contribution in [0, 0.1) is 13.8 Å². The number of hydrogen-bond donors (Lipinski definition) is 1. The molecule has 1 aliphatic heterocycles. The molecule has 3 aromatic rings. The maximum atomic E-state index is 4.83. The van der Waals surface area contributed by atoms with E-state index in [-0.39, 0.29) is 0 Å². The van der Waals surface area contributed by atoms with Gasteiger partial charge in [0.05, 0.1) is 11.2 Å². The van der Waals surface area contributed by atoms with Crippen molar-refractivity contribution in [1.29, 1.82) is 0 Å². The van der Waals surface area contributed by atoms with E-state index in [0.717, 1.165) is 60.5 Å². The van der Waals surface area contributed by atoms with E-state index in [2.05, 4.69) is 25.2 Å². The molecular weight excluding hydrogens is 332 g/mol. The zero-order chi connectivity index (χ0) is 17.2. The summed E-state index contributed by atoms with van der Waals surface area (Å²) in [5.74, 6) is 2.12. The van der Waals surface area contributed by atoms with Crippen LogP contribution in [0.5, 0.6) is 0 Å². The lowest BCUT2D eigenvalue weighted by Gasteiger charge is -2.31. The Kier molecular flexibility index (Phi) is 4.59. The number of aryl methyl sites for hydroxylation is 2. The monoisotopic (exact) mass is 354 g/mol. The van der Waals surface area contributed by atoms with Gasteiger partial charge in [-0.1, -0.05) is 0 Å². The average molecular weight is 354 g/mol. The van der Waals surface area contributed by atoms with Crippen LogP contribution in [-0.2, 0) is 6.54 Å². The van der Waals surface area contributed by atoms with Gasteiger partial charge in [0, 0.05) is 42.0 Å². The number of nitrogens with one attached hydrogen (secondary N) is 1. The Bertz CT molecular complexity index is 841. The molecule has 0 aliphatic carbocycles. The summed E-state index contributed by atoms with van der Waals surface area (Å²) in [6, 6.07) is 2.00. The topological polar surface area (TPSA) is 70.6 Å². The van der Waals surface area contributed by atoms with Gasteiger partial charge in [-0.15, -0.1) is 11.3 Å². The zero-order valence-corrected chi connectivity index (χ0v) is 15.4. The first kappa shape index (κ1) is 16.4. The third kappa shape index (κ3) is 3.77. The molecule has 25 heavy (non-hydrogen) atoms. The molecule has 3 aromatic heterocycles. The summed E-state index contributed by atoms with van der Waals surface area (Å²) < 4.78 is 0. The zero-order valence-electron chi connectivity index (χ0n) is 14.6. The van der Waals surface area contributed by atoms with Crippen molar-refractivity contribution in [2.24, 2.45) is 0 Å². The SMILES string of the molecule is Cc1cc(-c2ncc(C)[nH]2)nc([C@H]2CCCN(Cc3cscn3)C2)n1. The fourth-order valence-corrected chi connectivity index (χ4v) is 3.94. The van der Waals surface area contributed by atoms with Crippen LogP contribution in [0.3, 0.4) is 0 Å². The predicted molar refractivity (Wildman–Crippen MR) is 98.5 cm³/mol. The second kappa shape index (κ2) is 7.01. The second-order valence-corrected chi connectivity index (χ2v) is 7.44. The number of nitrogens with zero attached hydrogens (tertiary/aromatic N) is 5. The highest BCUT2D eigenvalue weighted by Gasteiger charge is 2.24. The lowest BCUT2D eigenvalue weighted by Crippen LogP contribution is -2.34. The van der Waals surface area contributed by atoms with Crippen LogP contribution < -0.4 is 0 Å². The van der Waals surface area contributed by atoms with Crippen LogP contribution in [0.2, 0.25) is 0 Å².